The van der Waals surface area contributed by atoms with Crippen LogP contribution in [0.25, 0.3) is 17.0 Å². The Morgan fingerprint density at radius 2 is 2.14 bits per heavy atom. The molecule has 7 heteroatoms. The molecule has 7 nitrogen and oxygen atoms in total. The Morgan fingerprint density at radius 3 is 2.97 bits per heavy atom. The van der Waals surface area contributed by atoms with Gasteiger partial charge in [0, 0.05) is 43.1 Å². The normalized spacial score (nSPS) is 13.9. The first-order chi connectivity index (χ1) is 14.0. The second-order valence-electron chi connectivity index (χ2n) is 7.10. The van der Waals surface area contributed by atoms with Crippen molar-refractivity contribution in [1.82, 2.24) is 14.5 Å². The topological polar surface area (TPSA) is 76.5 Å². The van der Waals surface area contributed by atoms with Crippen LogP contribution < -0.4 is 5.32 Å². The number of aryl methyl sites for hydroxylation is 1. The number of hydrogen-bond donors (Lipinski definition) is 1. The number of benzene rings is 1. The van der Waals surface area contributed by atoms with Crippen LogP contribution in [0.2, 0.25) is 0 Å². The van der Waals surface area contributed by atoms with Gasteiger partial charge in [-0.25, -0.2) is 4.98 Å². The SMILES string of the molecule is CN(Cc1cc2ccccc2n1C)C(=O)/C=C/c1cnc2c(c1)COCC(=O)N2. The van der Waals surface area contributed by atoms with E-state index >= 15 is 0 Å². The zero-order valence-electron chi connectivity index (χ0n) is 16.4. The minimum atomic E-state index is -0.218. The lowest BCUT2D eigenvalue weighted by Gasteiger charge is -2.16. The van der Waals surface area contributed by atoms with Crippen LogP contribution >= 0.6 is 0 Å². The molecule has 4 rings (SSSR count). The minimum Gasteiger partial charge on any atom is -0.367 e. The number of para-hydroxylation sites is 1. The van der Waals surface area contributed by atoms with Crippen LogP contribution in [0.4, 0.5) is 5.82 Å². The van der Waals surface area contributed by atoms with Crippen molar-refractivity contribution in [2.45, 2.75) is 13.2 Å². The van der Waals surface area contributed by atoms with Gasteiger partial charge in [-0.15, -0.1) is 0 Å². The molecule has 0 saturated carbocycles. The number of rotatable bonds is 4. The molecule has 2 aromatic heterocycles. The lowest BCUT2D eigenvalue weighted by atomic mass is 10.2. The summed E-state index contributed by atoms with van der Waals surface area (Å²) in [6, 6.07) is 12.1. The highest BCUT2D eigenvalue weighted by atomic mass is 16.5. The van der Waals surface area contributed by atoms with E-state index in [-0.39, 0.29) is 18.4 Å². The van der Waals surface area contributed by atoms with Gasteiger partial charge in [0.25, 0.3) is 5.91 Å². The van der Waals surface area contributed by atoms with E-state index in [4.69, 9.17) is 4.74 Å². The van der Waals surface area contributed by atoms with Gasteiger partial charge in [0.15, 0.2) is 0 Å². The maximum Gasteiger partial charge on any atom is 0.251 e. The van der Waals surface area contributed by atoms with E-state index in [1.807, 2.05) is 25.2 Å². The summed E-state index contributed by atoms with van der Waals surface area (Å²) in [5.41, 5.74) is 3.77. The average molecular weight is 390 g/mol. The standard InChI is InChI=1S/C22H22N4O3/c1-25(12-18-10-16-5-3-4-6-19(16)26(18)2)21(28)8-7-15-9-17-13-29-14-20(27)24-22(17)23-11-15/h3-11H,12-14H2,1-2H3,(H,23,24,27)/b8-7+. The van der Waals surface area contributed by atoms with Crippen molar-refractivity contribution < 1.29 is 14.3 Å². The van der Waals surface area contributed by atoms with Crippen LogP contribution in [0.15, 0.2) is 48.7 Å². The summed E-state index contributed by atoms with van der Waals surface area (Å²) in [4.78, 5) is 30.0. The maximum absolute atomic E-state index is 12.6. The molecular formula is C22H22N4O3. The van der Waals surface area contributed by atoms with Crippen molar-refractivity contribution in [3.8, 4) is 0 Å². The second-order valence-corrected chi connectivity index (χ2v) is 7.10. The molecule has 0 atom stereocenters. The number of ether oxygens (including phenoxy) is 1. The Hall–Kier alpha value is -3.45. The van der Waals surface area contributed by atoms with Gasteiger partial charge in [-0.2, -0.15) is 0 Å². The zero-order chi connectivity index (χ0) is 20.4. The number of carbonyl (C=O) groups is 2. The van der Waals surface area contributed by atoms with Crippen molar-refractivity contribution in [3.05, 3.63) is 65.5 Å². The third-order valence-corrected chi connectivity index (χ3v) is 4.98. The van der Waals surface area contributed by atoms with Gasteiger partial charge < -0.3 is 19.5 Å². The Morgan fingerprint density at radius 1 is 1.31 bits per heavy atom. The molecule has 3 aromatic rings. The summed E-state index contributed by atoms with van der Waals surface area (Å²) in [6.07, 6.45) is 4.88. The first kappa shape index (κ1) is 18.9. The van der Waals surface area contributed by atoms with Crippen molar-refractivity contribution in [2.75, 3.05) is 19.0 Å². The number of aromatic nitrogens is 2. The van der Waals surface area contributed by atoms with Gasteiger partial charge in [0.2, 0.25) is 5.91 Å². The number of nitrogens with zero attached hydrogens (tertiary/aromatic N) is 3. The molecule has 29 heavy (non-hydrogen) atoms. The average Bonchev–Trinajstić information content (AvgIpc) is 2.90. The number of pyridine rings is 1. The van der Waals surface area contributed by atoms with Crippen LogP contribution in [-0.2, 0) is 34.5 Å². The van der Waals surface area contributed by atoms with Crippen molar-refractivity contribution in [3.63, 3.8) is 0 Å². The molecule has 0 spiro atoms. The predicted octanol–water partition coefficient (Wildman–Crippen LogP) is 2.71. The van der Waals surface area contributed by atoms with Crippen molar-refractivity contribution in [1.29, 1.82) is 0 Å². The second kappa shape index (κ2) is 7.89. The number of carbonyl (C=O) groups excluding carboxylic acids is 2. The minimum absolute atomic E-state index is 0.0129. The lowest BCUT2D eigenvalue weighted by molar-refractivity contribution is -0.125. The van der Waals surface area contributed by atoms with Crippen molar-refractivity contribution >= 4 is 34.6 Å². The first-order valence-corrected chi connectivity index (χ1v) is 9.34. The number of fused-ring (bicyclic) bond motifs is 2. The van der Waals surface area contributed by atoms with Gasteiger partial charge in [0.1, 0.15) is 12.4 Å². The van der Waals surface area contributed by atoms with E-state index < -0.39 is 0 Å². The van der Waals surface area contributed by atoms with Gasteiger partial charge in [-0.05, 0) is 35.2 Å². The number of likely N-dealkylation sites (N-methyl/N-ethyl adjacent to an activating group) is 1. The third-order valence-electron chi connectivity index (χ3n) is 4.98. The molecule has 1 aliphatic rings. The smallest absolute Gasteiger partial charge is 0.251 e. The van der Waals surface area contributed by atoms with E-state index in [0.717, 1.165) is 27.7 Å². The number of nitrogens with one attached hydrogen (secondary N) is 1. The number of hydrogen-bond acceptors (Lipinski definition) is 4. The molecule has 1 N–H and O–H groups in total. The quantitative estimate of drug-likeness (QED) is 0.695. The predicted molar refractivity (Wildman–Crippen MR) is 111 cm³/mol. The van der Waals surface area contributed by atoms with E-state index in [9.17, 15) is 9.59 Å². The van der Waals surface area contributed by atoms with E-state index in [1.165, 1.54) is 6.08 Å². The molecule has 2 amide bonds. The Kier molecular flexibility index (Phi) is 5.14. The zero-order valence-corrected chi connectivity index (χ0v) is 16.4. The molecule has 0 bridgehead atoms. The van der Waals surface area contributed by atoms with E-state index in [0.29, 0.717) is 19.0 Å². The molecule has 148 valence electrons. The molecule has 1 aliphatic heterocycles. The highest BCUT2D eigenvalue weighted by Gasteiger charge is 2.15. The highest BCUT2D eigenvalue weighted by molar-refractivity contribution is 5.93. The van der Waals surface area contributed by atoms with Gasteiger partial charge >= 0.3 is 0 Å². The molecule has 0 fully saturated rings. The summed E-state index contributed by atoms with van der Waals surface area (Å²) in [5.74, 6) is 0.184. The van der Waals surface area contributed by atoms with Gasteiger partial charge in [-0.1, -0.05) is 18.2 Å². The van der Waals surface area contributed by atoms with Crippen LogP contribution in [0.3, 0.4) is 0 Å². The summed E-state index contributed by atoms with van der Waals surface area (Å²) in [7, 11) is 3.79. The highest BCUT2D eigenvalue weighted by Crippen LogP contribution is 2.20. The van der Waals surface area contributed by atoms with Crippen molar-refractivity contribution in [2.24, 2.45) is 7.05 Å². The van der Waals surface area contributed by atoms with Crippen LogP contribution in [0.5, 0.6) is 0 Å². The Balaban J connectivity index is 1.45. The molecule has 3 heterocycles. The summed E-state index contributed by atoms with van der Waals surface area (Å²) in [6.45, 7) is 0.827. The van der Waals surface area contributed by atoms with Gasteiger partial charge in [0.05, 0.1) is 13.2 Å². The van der Waals surface area contributed by atoms with Crippen LogP contribution in [0, 0.1) is 0 Å². The maximum atomic E-state index is 12.6. The summed E-state index contributed by atoms with van der Waals surface area (Å²) >= 11 is 0. The van der Waals surface area contributed by atoms with E-state index in [1.54, 1.807) is 24.2 Å². The number of amides is 2. The summed E-state index contributed by atoms with van der Waals surface area (Å²) < 4.78 is 7.41. The van der Waals surface area contributed by atoms with Crippen LogP contribution in [0.1, 0.15) is 16.8 Å². The van der Waals surface area contributed by atoms with Gasteiger partial charge in [-0.3, -0.25) is 9.59 Å². The fourth-order valence-electron chi connectivity index (χ4n) is 3.38. The van der Waals surface area contributed by atoms with Crippen LogP contribution in [-0.4, -0.2) is 39.9 Å². The fraction of sp³-hybridized carbons (Fsp3) is 0.227. The molecule has 0 saturated heterocycles. The van der Waals surface area contributed by atoms with E-state index in [2.05, 4.69) is 33.1 Å². The molecular weight excluding hydrogens is 368 g/mol. The summed E-state index contributed by atoms with van der Waals surface area (Å²) in [5, 5.41) is 3.86. The lowest BCUT2D eigenvalue weighted by Crippen LogP contribution is -2.25. The monoisotopic (exact) mass is 390 g/mol. The Labute approximate surface area is 168 Å². The number of anilines is 1. The first-order valence-electron chi connectivity index (χ1n) is 9.34. The third kappa shape index (κ3) is 4.05. The molecule has 0 aliphatic carbocycles. The molecule has 1 aromatic carbocycles. The molecule has 0 unspecified atom stereocenters. The molecule has 0 radical (unpaired) electrons. The fourth-order valence-corrected chi connectivity index (χ4v) is 3.38. The Bertz CT molecular complexity index is 1120. The largest absolute Gasteiger partial charge is 0.367 e.